The third kappa shape index (κ3) is 2.35. The molecule has 0 amide bonds. The Morgan fingerprint density at radius 2 is 2.26 bits per heavy atom. The van der Waals surface area contributed by atoms with Crippen LogP contribution in [0.2, 0.25) is 0 Å². The molecule has 7 nitrogen and oxygen atoms in total. The molecule has 1 saturated heterocycles. The first-order chi connectivity index (χ1) is 9.28. The molecule has 2 aromatic heterocycles. The average molecular weight is 262 g/mol. The van der Waals surface area contributed by atoms with Crippen molar-refractivity contribution in [2.24, 2.45) is 0 Å². The van der Waals surface area contributed by atoms with Crippen LogP contribution >= 0.6 is 0 Å². The highest BCUT2D eigenvalue weighted by atomic mass is 16.5. The molecule has 3 atom stereocenters. The monoisotopic (exact) mass is 262 g/mol. The Kier molecular flexibility index (Phi) is 3.24. The molecule has 1 unspecified atom stereocenters. The fraction of sp³-hybridized carbons (Fsp3) is 0.417. The highest BCUT2D eigenvalue weighted by Crippen LogP contribution is 2.28. The number of rotatable bonds is 3. The van der Waals surface area contributed by atoms with Gasteiger partial charge in [0.05, 0.1) is 24.6 Å². The summed E-state index contributed by atoms with van der Waals surface area (Å²) in [5, 5.41) is 26.7. The van der Waals surface area contributed by atoms with E-state index in [9.17, 15) is 5.11 Å². The molecule has 0 saturated carbocycles. The van der Waals surface area contributed by atoms with Crippen molar-refractivity contribution in [2.75, 3.05) is 6.61 Å². The summed E-state index contributed by atoms with van der Waals surface area (Å²) in [5.41, 5.74) is 1.37. The molecule has 3 rings (SSSR count). The maximum absolute atomic E-state index is 9.69. The van der Waals surface area contributed by atoms with Gasteiger partial charge in [0.1, 0.15) is 11.8 Å². The van der Waals surface area contributed by atoms with Gasteiger partial charge in [-0.15, -0.1) is 5.10 Å². The van der Waals surface area contributed by atoms with Crippen LogP contribution < -0.4 is 0 Å². The van der Waals surface area contributed by atoms with Crippen LogP contribution in [0.15, 0.2) is 30.6 Å². The number of hydrogen-bond donors (Lipinski definition) is 2. The zero-order chi connectivity index (χ0) is 13.2. The van der Waals surface area contributed by atoms with Gasteiger partial charge < -0.3 is 14.9 Å². The minimum Gasteiger partial charge on any atom is -0.394 e. The van der Waals surface area contributed by atoms with Crippen molar-refractivity contribution in [1.29, 1.82) is 0 Å². The van der Waals surface area contributed by atoms with Gasteiger partial charge in [0.25, 0.3) is 0 Å². The van der Waals surface area contributed by atoms with Crippen LogP contribution in [-0.2, 0) is 4.74 Å². The predicted octanol–water partition coefficient (Wildman–Crippen LogP) is -0.0192. The number of ether oxygens (including phenoxy) is 1. The lowest BCUT2D eigenvalue weighted by Crippen LogP contribution is -2.24. The summed E-state index contributed by atoms with van der Waals surface area (Å²) in [6.45, 7) is -0.209. The van der Waals surface area contributed by atoms with Crippen molar-refractivity contribution in [2.45, 2.75) is 24.9 Å². The van der Waals surface area contributed by atoms with Gasteiger partial charge in [-0.05, 0) is 12.1 Å². The van der Waals surface area contributed by atoms with Crippen molar-refractivity contribution < 1.29 is 14.9 Å². The number of aliphatic hydroxyl groups is 2. The summed E-state index contributed by atoms with van der Waals surface area (Å²) in [6, 6.07) is 5.55. The first kappa shape index (κ1) is 12.2. The molecule has 100 valence electrons. The minimum absolute atomic E-state index is 0.209. The van der Waals surface area contributed by atoms with Gasteiger partial charge in [-0.2, -0.15) is 0 Å². The van der Waals surface area contributed by atoms with Crippen LogP contribution in [0, 0.1) is 0 Å². The van der Waals surface area contributed by atoms with Crippen molar-refractivity contribution in [3.8, 4) is 11.4 Å². The fourth-order valence-corrected chi connectivity index (χ4v) is 2.09. The molecule has 7 heteroatoms. The van der Waals surface area contributed by atoms with Crippen LogP contribution in [0.1, 0.15) is 12.6 Å². The lowest BCUT2D eigenvalue weighted by Gasteiger charge is -2.11. The van der Waals surface area contributed by atoms with Gasteiger partial charge in [-0.25, -0.2) is 4.68 Å². The van der Waals surface area contributed by atoms with Crippen molar-refractivity contribution >= 4 is 0 Å². The van der Waals surface area contributed by atoms with Gasteiger partial charge in [0.2, 0.25) is 0 Å². The molecule has 0 aliphatic carbocycles. The number of aliphatic hydroxyl groups excluding tert-OH is 2. The number of pyridine rings is 1. The van der Waals surface area contributed by atoms with Crippen molar-refractivity contribution in [3.63, 3.8) is 0 Å². The SMILES string of the molecule is OC[C@H]1O[C@@H](n2cc(-c3ccccn3)nn2)CC1O. The van der Waals surface area contributed by atoms with Crippen LogP contribution in [0.5, 0.6) is 0 Å². The molecule has 0 radical (unpaired) electrons. The first-order valence-corrected chi connectivity index (χ1v) is 6.05. The Morgan fingerprint density at radius 1 is 1.37 bits per heavy atom. The molecule has 0 aromatic carbocycles. The number of aromatic nitrogens is 4. The standard InChI is InChI=1S/C12H14N4O3/c17-7-11-10(18)5-12(19-11)16-6-9(14-15-16)8-3-1-2-4-13-8/h1-4,6,10-12,17-18H,5,7H2/t10?,11-,12-/m1/s1. The third-order valence-corrected chi connectivity index (χ3v) is 3.12. The van der Waals surface area contributed by atoms with E-state index in [4.69, 9.17) is 9.84 Å². The van der Waals surface area contributed by atoms with Gasteiger partial charge >= 0.3 is 0 Å². The zero-order valence-corrected chi connectivity index (χ0v) is 10.1. The first-order valence-electron chi connectivity index (χ1n) is 6.05. The van der Waals surface area contributed by atoms with Crippen LogP contribution in [0.3, 0.4) is 0 Å². The second kappa shape index (κ2) is 5.04. The molecule has 0 bridgehead atoms. The highest BCUT2D eigenvalue weighted by Gasteiger charge is 2.35. The maximum Gasteiger partial charge on any atom is 0.155 e. The largest absolute Gasteiger partial charge is 0.394 e. The summed E-state index contributed by atoms with van der Waals surface area (Å²) in [5.74, 6) is 0. The molecule has 1 aliphatic heterocycles. The lowest BCUT2D eigenvalue weighted by molar-refractivity contribution is -0.0489. The molecule has 2 N–H and O–H groups in total. The Labute approximate surface area is 109 Å². The predicted molar refractivity (Wildman–Crippen MR) is 64.9 cm³/mol. The van der Waals surface area contributed by atoms with E-state index < -0.39 is 18.4 Å². The Morgan fingerprint density at radius 3 is 2.95 bits per heavy atom. The summed E-state index contributed by atoms with van der Waals surface area (Å²) in [7, 11) is 0. The second-order valence-electron chi connectivity index (χ2n) is 4.41. The molecule has 1 aliphatic rings. The van der Waals surface area contributed by atoms with Crippen LogP contribution in [-0.4, -0.2) is 49.0 Å². The lowest BCUT2D eigenvalue weighted by atomic mass is 10.2. The van der Waals surface area contributed by atoms with E-state index in [0.29, 0.717) is 12.1 Å². The maximum atomic E-state index is 9.69. The Bertz CT molecular complexity index is 545. The van der Waals surface area contributed by atoms with Gasteiger partial charge in [0, 0.05) is 12.6 Å². The summed E-state index contributed by atoms with van der Waals surface area (Å²) in [6.07, 6.45) is 2.14. The van der Waals surface area contributed by atoms with Crippen LogP contribution in [0.25, 0.3) is 11.4 Å². The zero-order valence-electron chi connectivity index (χ0n) is 10.1. The van der Waals surface area contributed by atoms with E-state index in [1.165, 1.54) is 0 Å². The highest BCUT2D eigenvalue weighted by molar-refractivity contribution is 5.51. The van der Waals surface area contributed by atoms with Crippen LogP contribution in [0.4, 0.5) is 0 Å². The Balaban J connectivity index is 1.79. The normalized spacial score (nSPS) is 26.7. The quantitative estimate of drug-likeness (QED) is 0.807. The molecular weight excluding hydrogens is 248 g/mol. The van der Waals surface area contributed by atoms with Crippen molar-refractivity contribution in [1.82, 2.24) is 20.0 Å². The number of nitrogens with zero attached hydrogens (tertiary/aromatic N) is 4. The molecular formula is C12H14N4O3. The molecule has 19 heavy (non-hydrogen) atoms. The molecule has 1 fully saturated rings. The van der Waals surface area contributed by atoms with E-state index in [1.807, 2.05) is 18.2 Å². The van der Waals surface area contributed by atoms with E-state index in [0.717, 1.165) is 5.69 Å². The topological polar surface area (TPSA) is 93.3 Å². The molecule has 2 aromatic rings. The summed E-state index contributed by atoms with van der Waals surface area (Å²) < 4.78 is 7.04. The van der Waals surface area contributed by atoms with E-state index in [-0.39, 0.29) is 6.61 Å². The van der Waals surface area contributed by atoms with Crippen molar-refractivity contribution in [3.05, 3.63) is 30.6 Å². The summed E-state index contributed by atoms with van der Waals surface area (Å²) in [4.78, 5) is 4.19. The molecule has 3 heterocycles. The van der Waals surface area contributed by atoms with E-state index >= 15 is 0 Å². The minimum atomic E-state index is -0.683. The number of hydrogen-bond acceptors (Lipinski definition) is 6. The van der Waals surface area contributed by atoms with Gasteiger partial charge in [0.15, 0.2) is 6.23 Å². The molecule has 0 spiro atoms. The third-order valence-electron chi connectivity index (χ3n) is 3.12. The average Bonchev–Trinajstić information content (AvgIpc) is 3.06. The van der Waals surface area contributed by atoms with Gasteiger partial charge in [-0.1, -0.05) is 11.3 Å². The summed E-state index contributed by atoms with van der Waals surface area (Å²) >= 11 is 0. The van der Waals surface area contributed by atoms with Gasteiger partial charge in [-0.3, -0.25) is 4.98 Å². The second-order valence-corrected chi connectivity index (χ2v) is 4.41. The van der Waals surface area contributed by atoms with E-state index in [1.54, 1.807) is 17.1 Å². The smallest absolute Gasteiger partial charge is 0.155 e. The Hall–Kier alpha value is -1.83. The fourth-order valence-electron chi connectivity index (χ4n) is 2.09. The van der Waals surface area contributed by atoms with E-state index in [2.05, 4.69) is 15.3 Å².